The molecule has 2 aliphatic heterocycles. The fourth-order valence-corrected chi connectivity index (χ4v) is 9.41. The minimum atomic E-state index is -0.358. The molecule has 5 unspecified atom stereocenters. The summed E-state index contributed by atoms with van der Waals surface area (Å²) in [6.45, 7) is 6.29. The Morgan fingerprint density at radius 2 is 1.73 bits per heavy atom. The maximum atomic E-state index is 10.8. The highest BCUT2D eigenvalue weighted by atomic mass is 17.2. The van der Waals surface area contributed by atoms with Crippen molar-refractivity contribution in [3.05, 3.63) is 95.6 Å². The van der Waals surface area contributed by atoms with Crippen molar-refractivity contribution < 1.29 is 9.78 Å². The predicted molar refractivity (Wildman–Crippen MR) is 163 cm³/mol. The zero-order valence-corrected chi connectivity index (χ0v) is 24.4. The van der Waals surface area contributed by atoms with Gasteiger partial charge in [-0.2, -0.15) is 10.1 Å². The summed E-state index contributed by atoms with van der Waals surface area (Å²) in [5, 5.41) is 10.8. The summed E-state index contributed by atoms with van der Waals surface area (Å²) in [7, 11) is 0. The van der Waals surface area contributed by atoms with Crippen molar-refractivity contribution in [1.29, 1.82) is 5.26 Å². The normalized spacial score (nSPS) is 30.0. The Balaban J connectivity index is 1.17. The number of quaternary nitrogens is 1. The van der Waals surface area contributed by atoms with E-state index in [1.54, 1.807) is 0 Å². The molecule has 4 nitrogen and oxygen atoms in total. The zero-order valence-electron chi connectivity index (χ0n) is 24.4. The lowest BCUT2D eigenvalue weighted by molar-refractivity contribution is -0.194. The average Bonchev–Trinajstić information content (AvgIpc) is 3.33. The quantitative estimate of drug-likeness (QED) is 0.199. The van der Waals surface area contributed by atoms with Crippen molar-refractivity contribution in [2.24, 2.45) is 23.2 Å². The molecule has 41 heavy (non-hydrogen) atoms. The highest BCUT2D eigenvalue weighted by Crippen LogP contribution is 2.70. The Hall–Kier alpha value is -3.13. The molecule has 0 spiro atoms. The van der Waals surface area contributed by atoms with E-state index < -0.39 is 0 Å². The SMILES string of the molecule is CCC12C[N+](Cc3ccccc3)(c3ccc4c(c3)COO4)CC1C2CCC(C#N)(c1ccccc1)C1CCCCC1. The second-order valence-corrected chi connectivity index (χ2v) is 13.4. The lowest BCUT2D eigenvalue weighted by Crippen LogP contribution is -2.50. The molecule has 0 N–H and O–H groups in total. The molecule has 0 bridgehead atoms. The molecule has 4 aliphatic rings. The summed E-state index contributed by atoms with van der Waals surface area (Å²) in [4.78, 5) is 10.7. The molecule has 0 radical (unpaired) electrons. The molecule has 0 amide bonds. The van der Waals surface area contributed by atoms with E-state index in [2.05, 4.69) is 91.9 Å². The van der Waals surface area contributed by atoms with Gasteiger partial charge in [-0.3, -0.25) is 4.48 Å². The van der Waals surface area contributed by atoms with E-state index in [1.807, 2.05) is 0 Å². The number of likely N-dealkylation sites (tertiary alicyclic amines) is 1. The molecule has 3 aromatic rings. The first-order valence-electron chi connectivity index (χ1n) is 15.9. The van der Waals surface area contributed by atoms with Gasteiger partial charge >= 0.3 is 0 Å². The monoisotopic (exact) mass is 547 g/mol. The minimum Gasteiger partial charge on any atom is -0.337 e. The number of benzene rings is 3. The minimum absolute atomic E-state index is 0.352. The summed E-state index contributed by atoms with van der Waals surface area (Å²) < 4.78 is 0.997. The van der Waals surface area contributed by atoms with Crippen LogP contribution >= 0.6 is 0 Å². The highest BCUT2D eigenvalue weighted by molar-refractivity contribution is 5.54. The Morgan fingerprint density at radius 1 is 0.976 bits per heavy atom. The van der Waals surface area contributed by atoms with Crippen LogP contribution in [0.25, 0.3) is 0 Å². The molecule has 1 saturated heterocycles. The largest absolute Gasteiger partial charge is 0.337 e. The average molecular weight is 548 g/mol. The van der Waals surface area contributed by atoms with Crippen molar-refractivity contribution in [3.63, 3.8) is 0 Å². The maximum absolute atomic E-state index is 10.8. The van der Waals surface area contributed by atoms with E-state index in [-0.39, 0.29) is 5.41 Å². The Morgan fingerprint density at radius 3 is 2.44 bits per heavy atom. The van der Waals surface area contributed by atoms with Gasteiger partial charge < -0.3 is 4.89 Å². The molecule has 2 aliphatic carbocycles. The van der Waals surface area contributed by atoms with E-state index in [4.69, 9.17) is 9.78 Å². The van der Waals surface area contributed by atoms with Crippen molar-refractivity contribution in [3.8, 4) is 11.8 Å². The second kappa shape index (κ2) is 10.6. The molecule has 212 valence electrons. The predicted octanol–water partition coefficient (Wildman–Crippen LogP) is 8.50. The van der Waals surface area contributed by atoms with Gasteiger partial charge in [-0.05, 0) is 55.6 Å². The van der Waals surface area contributed by atoms with Crippen LogP contribution < -0.4 is 9.37 Å². The molecule has 4 heteroatoms. The summed E-state index contributed by atoms with van der Waals surface area (Å²) in [5.74, 6) is 2.74. The van der Waals surface area contributed by atoms with Crippen LogP contribution in [-0.4, -0.2) is 13.1 Å². The van der Waals surface area contributed by atoms with E-state index in [0.717, 1.165) is 35.2 Å². The van der Waals surface area contributed by atoms with Crippen LogP contribution in [0.4, 0.5) is 5.69 Å². The van der Waals surface area contributed by atoms with Crippen molar-refractivity contribution >= 4 is 5.69 Å². The molecule has 3 aromatic carbocycles. The molecule has 2 heterocycles. The number of piperidine rings is 1. The van der Waals surface area contributed by atoms with Gasteiger partial charge in [0.25, 0.3) is 0 Å². The number of nitrogens with zero attached hydrogens (tertiary/aromatic N) is 2. The van der Waals surface area contributed by atoms with Crippen LogP contribution in [0.2, 0.25) is 0 Å². The Bertz CT molecular complexity index is 1410. The number of hydrogen-bond donors (Lipinski definition) is 0. The molecule has 0 aromatic heterocycles. The van der Waals surface area contributed by atoms with Crippen LogP contribution in [0.1, 0.15) is 75.0 Å². The van der Waals surface area contributed by atoms with Gasteiger partial charge in [0.15, 0.2) is 5.75 Å². The standard InChI is InChI=1S/C37H43N2O2/c1-2-36-27-39(23-28-12-6-3-7-13-28,32-18-19-35-29(22-32)25-40-41-35)24-34(36)33(36)20-21-37(26-38,30-14-8-4-9-15-30)31-16-10-5-11-17-31/h3-4,6-9,12-15,18-19,22,31,33-34H,2,5,10-11,16-17,20-21,23-25,27H2,1H3/q+1. The molecule has 2 saturated carbocycles. The smallest absolute Gasteiger partial charge is 0.171 e. The van der Waals surface area contributed by atoms with Crippen molar-refractivity contribution in [2.75, 3.05) is 13.1 Å². The summed E-state index contributed by atoms with van der Waals surface area (Å²) in [6, 6.07) is 31.5. The molecule has 5 atom stereocenters. The van der Waals surface area contributed by atoms with Gasteiger partial charge in [-0.25, -0.2) is 0 Å². The van der Waals surface area contributed by atoms with Crippen LogP contribution in [0.5, 0.6) is 5.75 Å². The van der Waals surface area contributed by atoms with Crippen LogP contribution in [0, 0.1) is 34.5 Å². The number of fused-ring (bicyclic) bond motifs is 2. The Kier molecular flexibility index (Phi) is 6.92. The molecular weight excluding hydrogens is 504 g/mol. The van der Waals surface area contributed by atoms with Crippen LogP contribution in [0.15, 0.2) is 78.9 Å². The number of hydrogen-bond acceptors (Lipinski definition) is 3. The lowest BCUT2D eigenvalue weighted by atomic mass is 9.63. The van der Waals surface area contributed by atoms with E-state index in [9.17, 15) is 5.26 Å². The number of rotatable bonds is 9. The van der Waals surface area contributed by atoms with Gasteiger partial charge in [0.1, 0.15) is 18.8 Å². The van der Waals surface area contributed by atoms with E-state index in [1.165, 1.54) is 68.4 Å². The first-order chi connectivity index (χ1) is 20.1. The van der Waals surface area contributed by atoms with Gasteiger partial charge in [-0.15, -0.1) is 0 Å². The van der Waals surface area contributed by atoms with E-state index >= 15 is 0 Å². The summed E-state index contributed by atoms with van der Waals surface area (Å²) >= 11 is 0. The lowest BCUT2D eigenvalue weighted by Gasteiger charge is -2.40. The van der Waals surface area contributed by atoms with E-state index in [0.29, 0.717) is 29.8 Å². The van der Waals surface area contributed by atoms with Crippen molar-refractivity contribution in [1.82, 2.24) is 4.48 Å². The third-order valence-corrected chi connectivity index (χ3v) is 11.6. The van der Waals surface area contributed by atoms with Crippen LogP contribution in [-0.2, 0) is 23.5 Å². The first kappa shape index (κ1) is 26.7. The third kappa shape index (κ3) is 4.49. The van der Waals surface area contributed by atoms with Gasteiger partial charge in [0, 0.05) is 34.6 Å². The fourth-order valence-electron chi connectivity index (χ4n) is 9.41. The number of nitriles is 1. The van der Waals surface area contributed by atoms with Crippen LogP contribution in [0.3, 0.4) is 0 Å². The second-order valence-electron chi connectivity index (χ2n) is 13.4. The molecule has 7 rings (SSSR count). The van der Waals surface area contributed by atoms with Gasteiger partial charge in [0.2, 0.25) is 0 Å². The Labute approximate surface area is 245 Å². The molecule has 3 fully saturated rings. The maximum Gasteiger partial charge on any atom is 0.171 e. The highest BCUT2D eigenvalue weighted by Gasteiger charge is 2.73. The molecular formula is C37H43N2O2+. The topological polar surface area (TPSA) is 42.2 Å². The first-order valence-corrected chi connectivity index (χ1v) is 15.9. The third-order valence-electron chi connectivity index (χ3n) is 11.6. The summed E-state index contributed by atoms with van der Waals surface area (Å²) in [5.41, 5.74) is 5.19. The van der Waals surface area contributed by atoms with Gasteiger partial charge in [-0.1, -0.05) is 86.8 Å². The summed E-state index contributed by atoms with van der Waals surface area (Å²) in [6.07, 6.45) is 9.60. The zero-order chi connectivity index (χ0) is 27.9. The van der Waals surface area contributed by atoms with Crippen molar-refractivity contribution in [2.45, 2.75) is 76.9 Å². The fraction of sp³-hybridized carbons (Fsp3) is 0.486. The van der Waals surface area contributed by atoms with Gasteiger partial charge in [0.05, 0.1) is 24.6 Å².